The van der Waals surface area contributed by atoms with Crippen molar-refractivity contribution in [2.75, 3.05) is 24.2 Å². The molecule has 0 unspecified atom stereocenters. The number of benzene rings is 2. The second-order valence-electron chi connectivity index (χ2n) is 5.25. The van der Waals surface area contributed by atoms with Gasteiger partial charge in [-0.3, -0.25) is 4.74 Å². The minimum absolute atomic E-state index is 0.0228. The molecular formula is C17H15F5N2O5. The van der Waals surface area contributed by atoms with Crippen LogP contribution in [0.5, 0.6) is 0 Å². The fourth-order valence-corrected chi connectivity index (χ4v) is 1.91. The normalized spacial score (nSPS) is 10.7. The van der Waals surface area contributed by atoms with Gasteiger partial charge in [-0.25, -0.2) is 18.4 Å². The molecule has 12 heteroatoms. The predicted octanol–water partition coefficient (Wildman–Crippen LogP) is 3.58. The minimum atomic E-state index is -4.74. The third-order valence-electron chi connectivity index (χ3n) is 3.14. The molecule has 5 N–H and O–H groups in total. The van der Waals surface area contributed by atoms with Crippen LogP contribution in [-0.2, 0) is 4.74 Å². The maximum absolute atomic E-state index is 12.8. The van der Waals surface area contributed by atoms with Gasteiger partial charge in [0.2, 0.25) is 0 Å². The summed E-state index contributed by atoms with van der Waals surface area (Å²) >= 11 is 0. The van der Waals surface area contributed by atoms with Crippen LogP contribution in [0, 0.1) is 11.6 Å². The molecule has 158 valence electrons. The van der Waals surface area contributed by atoms with Crippen molar-refractivity contribution in [2.24, 2.45) is 0 Å². The third kappa shape index (κ3) is 8.43. The number of hydrogen-bond donors (Lipinski definition) is 4. The number of ether oxygens (including phenoxy) is 1. The molecule has 0 radical (unpaired) electrons. The molecule has 0 fully saturated rings. The lowest BCUT2D eigenvalue weighted by molar-refractivity contribution is -0.322. The number of halogens is 5. The Morgan fingerprint density at radius 3 is 1.97 bits per heavy atom. The summed E-state index contributed by atoms with van der Waals surface area (Å²) in [6.07, 6.45) is -4.74. The van der Waals surface area contributed by atoms with E-state index in [2.05, 4.69) is 10.1 Å². The molecule has 0 aliphatic rings. The predicted molar refractivity (Wildman–Crippen MR) is 91.6 cm³/mol. The Morgan fingerprint density at radius 2 is 1.48 bits per heavy atom. The average molecular weight is 422 g/mol. The summed E-state index contributed by atoms with van der Waals surface area (Å²) in [6, 6.07) is 6.12. The van der Waals surface area contributed by atoms with Crippen LogP contribution >= 0.6 is 0 Å². The first-order valence-corrected chi connectivity index (χ1v) is 7.66. The molecule has 0 aromatic heterocycles. The molecule has 2 rings (SSSR count). The molecule has 2 aromatic rings. The van der Waals surface area contributed by atoms with Crippen molar-refractivity contribution >= 4 is 23.3 Å². The van der Waals surface area contributed by atoms with Crippen molar-refractivity contribution in [1.29, 1.82) is 0 Å². The Morgan fingerprint density at radius 1 is 0.966 bits per heavy atom. The van der Waals surface area contributed by atoms with Gasteiger partial charge in [-0.2, -0.15) is 0 Å². The number of carboxylic acid groups (broad SMARTS) is 2. The van der Waals surface area contributed by atoms with E-state index >= 15 is 0 Å². The lowest BCUT2D eigenvalue weighted by Gasteiger charge is -2.11. The number of carboxylic acids is 2. The van der Waals surface area contributed by atoms with E-state index in [0.717, 1.165) is 30.3 Å². The molecular weight excluding hydrogens is 407 g/mol. The number of carbonyl (C=O) groups is 2. The maximum Gasteiger partial charge on any atom is 0.522 e. The average Bonchev–Trinajstić information content (AvgIpc) is 2.61. The van der Waals surface area contributed by atoms with Gasteiger partial charge in [0, 0.05) is 17.9 Å². The van der Waals surface area contributed by atoms with E-state index in [4.69, 9.17) is 15.9 Å². The summed E-state index contributed by atoms with van der Waals surface area (Å²) in [5.41, 5.74) is 4.77. The SMILES string of the molecule is Nc1ccc(F)cc1C(=O)O.O=C(O)c1cc(F)ccc1NCCOC(F)(F)F. The molecule has 0 aliphatic carbocycles. The van der Waals surface area contributed by atoms with Gasteiger partial charge < -0.3 is 21.3 Å². The molecule has 0 bridgehead atoms. The lowest BCUT2D eigenvalue weighted by atomic mass is 10.1. The number of anilines is 2. The molecule has 7 nitrogen and oxygen atoms in total. The van der Waals surface area contributed by atoms with Gasteiger partial charge in [-0.05, 0) is 36.4 Å². The van der Waals surface area contributed by atoms with E-state index in [9.17, 15) is 31.5 Å². The Kier molecular flexibility index (Phi) is 8.33. The maximum atomic E-state index is 12.8. The summed E-state index contributed by atoms with van der Waals surface area (Å²) in [7, 11) is 0. The zero-order chi connectivity index (χ0) is 22.2. The van der Waals surface area contributed by atoms with Crippen molar-refractivity contribution in [3.63, 3.8) is 0 Å². The van der Waals surface area contributed by atoms with Gasteiger partial charge in [-0.15, -0.1) is 13.2 Å². The van der Waals surface area contributed by atoms with Gasteiger partial charge in [0.1, 0.15) is 11.6 Å². The standard InChI is InChI=1S/C10H9F4NO3.C7H6FNO2/c11-6-1-2-8(7(5-6)9(16)17)15-3-4-18-10(12,13)14;8-4-1-2-6(9)5(3-4)7(10)11/h1-2,5,15H,3-4H2,(H,16,17);1-3H,9H2,(H,10,11). The number of nitrogens with two attached hydrogens (primary N) is 1. The molecule has 0 amide bonds. The topological polar surface area (TPSA) is 122 Å². The van der Waals surface area contributed by atoms with Gasteiger partial charge in [-0.1, -0.05) is 0 Å². The van der Waals surface area contributed by atoms with E-state index in [1.165, 1.54) is 6.07 Å². The highest BCUT2D eigenvalue weighted by Gasteiger charge is 2.28. The van der Waals surface area contributed by atoms with Crippen molar-refractivity contribution in [1.82, 2.24) is 0 Å². The molecule has 0 atom stereocenters. The van der Waals surface area contributed by atoms with Crippen LogP contribution in [0.25, 0.3) is 0 Å². The largest absolute Gasteiger partial charge is 0.522 e. The van der Waals surface area contributed by atoms with Crippen LogP contribution in [-0.4, -0.2) is 41.7 Å². The smallest absolute Gasteiger partial charge is 0.478 e. The molecule has 0 saturated heterocycles. The Labute approximate surface area is 160 Å². The van der Waals surface area contributed by atoms with Gasteiger partial charge in [0.25, 0.3) is 0 Å². The Hall–Kier alpha value is -3.41. The number of nitrogen functional groups attached to an aromatic ring is 1. The first-order chi connectivity index (χ1) is 13.4. The number of alkyl halides is 3. The number of hydrogen-bond acceptors (Lipinski definition) is 5. The summed E-state index contributed by atoms with van der Waals surface area (Å²) in [5, 5.41) is 19.6. The Balaban J connectivity index is 0.000000326. The highest BCUT2D eigenvalue weighted by molar-refractivity contribution is 5.94. The zero-order valence-electron chi connectivity index (χ0n) is 14.5. The molecule has 0 heterocycles. The molecule has 2 aromatic carbocycles. The molecule has 29 heavy (non-hydrogen) atoms. The summed E-state index contributed by atoms with van der Waals surface area (Å²) < 4.78 is 63.6. The van der Waals surface area contributed by atoms with Gasteiger partial charge >= 0.3 is 18.3 Å². The van der Waals surface area contributed by atoms with Crippen LogP contribution in [0.15, 0.2) is 36.4 Å². The lowest BCUT2D eigenvalue weighted by Crippen LogP contribution is -2.19. The summed E-state index contributed by atoms with van der Waals surface area (Å²) in [4.78, 5) is 21.1. The second-order valence-corrected chi connectivity index (χ2v) is 5.25. The first kappa shape index (κ1) is 23.6. The van der Waals surface area contributed by atoms with Gasteiger partial charge in [0.05, 0.1) is 17.7 Å². The fraction of sp³-hybridized carbons (Fsp3) is 0.176. The zero-order valence-corrected chi connectivity index (χ0v) is 14.5. The summed E-state index contributed by atoms with van der Waals surface area (Å²) in [5.74, 6) is -3.95. The summed E-state index contributed by atoms with van der Waals surface area (Å²) in [6.45, 7) is -0.939. The number of rotatable bonds is 6. The van der Waals surface area contributed by atoms with Crippen LogP contribution in [0.3, 0.4) is 0 Å². The monoisotopic (exact) mass is 422 g/mol. The minimum Gasteiger partial charge on any atom is -0.478 e. The van der Waals surface area contributed by atoms with Crippen LogP contribution < -0.4 is 11.1 Å². The second kappa shape index (κ2) is 10.2. The quantitative estimate of drug-likeness (QED) is 0.319. The van der Waals surface area contributed by atoms with E-state index in [1.54, 1.807) is 0 Å². The van der Waals surface area contributed by atoms with E-state index in [-0.39, 0.29) is 29.0 Å². The van der Waals surface area contributed by atoms with Crippen LogP contribution in [0.4, 0.5) is 33.3 Å². The van der Waals surface area contributed by atoms with E-state index < -0.39 is 36.5 Å². The third-order valence-corrected chi connectivity index (χ3v) is 3.14. The highest BCUT2D eigenvalue weighted by Crippen LogP contribution is 2.18. The fourth-order valence-electron chi connectivity index (χ4n) is 1.91. The highest BCUT2D eigenvalue weighted by atomic mass is 19.4. The first-order valence-electron chi connectivity index (χ1n) is 7.66. The number of nitrogens with one attached hydrogen (secondary N) is 1. The van der Waals surface area contributed by atoms with Crippen molar-refractivity contribution in [3.8, 4) is 0 Å². The molecule has 0 spiro atoms. The van der Waals surface area contributed by atoms with Crippen molar-refractivity contribution in [3.05, 3.63) is 59.2 Å². The van der Waals surface area contributed by atoms with Crippen LogP contribution in [0.2, 0.25) is 0 Å². The van der Waals surface area contributed by atoms with E-state index in [1.807, 2.05) is 0 Å². The van der Waals surface area contributed by atoms with Crippen LogP contribution in [0.1, 0.15) is 20.7 Å². The van der Waals surface area contributed by atoms with Gasteiger partial charge in [0.15, 0.2) is 0 Å². The molecule has 0 aliphatic heterocycles. The molecule has 0 saturated carbocycles. The van der Waals surface area contributed by atoms with Crippen molar-refractivity contribution in [2.45, 2.75) is 6.36 Å². The Bertz CT molecular complexity index is 874. The van der Waals surface area contributed by atoms with E-state index in [0.29, 0.717) is 0 Å². The number of aromatic carboxylic acids is 2. The van der Waals surface area contributed by atoms with Crippen molar-refractivity contribution < 1.29 is 46.5 Å².